The van der Waals surface area contributed by atoms with Crippen molar-refractivity contribution >= 4 is 6.21 Å². The lowest BCUT2D eigenvalue weighted by atomic mass is 10.9. The van der Waals surface area contributed by atoms with Gasteiger partial charge >= 0.3 is 0 Å². The van der Waals surface area contributed by atoms with Gasteiger partial charge in [0.2, 0.25) is 0 Å². The quantitative estimate of drug-likeness (QED) is 0.317. The van der Waals surface area contributed by atoms with E-state index in [1.807, 2.05) is 0 Å². The summed E-state index contributed by atoms with van der Waals surface area (Å²) in [6, 6.07) is 0. The molecule has 4 heavy (non-hydrogen) atoms. The first kappa shape index (κ1) is 8.91. The number of hydrogen-bond acceptors (Lipinski definition) is 0. The molecule has 0 unspecified atom stereocenters. The Bertz CT molecular complexity index is 13.5. The molecule has 1 nitrogen and oxygen atoms in total. The summed E-state index contributed by atoms with van der Waals surface area (Å²) in [5, 5.41) is 4.72. The molecule has 0 aromatic rings. The molecule has 0 saturated heterocycles. The number of nitrogens with two attached hydrogens (primary N) is 1. The predicted molar refractivity (Wildman–Crippen MR) is 13.7 cm³/mol. The Morgan fingerprint density at radius 1 is 1.75 bits per heavy atom. The van der Waals surface area contributed by atoms with Crippen molar-refractivity contribution in [1.82, 2.24) is 0 Å². The summed E-state index contributed by atoms with van der Waals surface area (Å²) in [4.78, 5) is 0. The molecule has 2 N–H and O–H groups in total. The Morgan fingerprint density at radius 2 is 1.75 bits per heavy atom. The van der Waals surface area contributed by atoms with Crippen LogP contribution in [-0.4, -0.2) is 6.21 Å². The first-order valence-corrected chi connectivity index (χ1v) is 0.911. The Hall–Kier alpha value is 0.150. The molecule has 0 aliphatic carbocycles. The summed E-state index contributed by atoms with van der Waals surface area (Å²) in [6.45, 7) is 1.78. The highest BCUT2D eigenvalue weighted by atomic mass is 79.9. The monoisotopic (exact) mass is 123 g/mol. The van der Waals surface area contributed by atoms with Crippen molar-refractivity contribution < 1.29 is 22.4 Å². The molecule has 0 aromatic heterocycles. The maximum Gasteiger partial charge on any atom is 0.133 e. The zero-order valence-corrected chi connectivity index (χ0v) is 4.12. The topological polar surface area (TPSA) is 25.6 Å². The van der Waals surface area contributed by atoms with Gasteiger partial charge in [-0.3, -0.25) is 5.41 Å². The summed E-state index contributed by atoms with van der Waals surface area (Å²) < 4.78 is 0. The van der Waals surface area contributed by atoms with Gasteiger partial charge in [0, 0.05) is 6.92 Å². The smallest absolute Gasteiger partial charge is 0.133 e. The maximum atomic E-state index is 4.72. The van der Waals surface area contributed by atoms with E-state index in [1.165, 1.54) is 6.21 Å². The molecular formula is C2H6BrN. The highest BCUT2D eigenvalue weighted by Gasteiger charge is 1.26. The van der Waals surface area contributed by atoms with Gasteiger partial charge in [-0.05, 0) is 0 Å². The highest BCUT2D eigenvalue weighted by Crippen LogP contribution is 1.03. The van der Waals surface area contributed by atoms with Gasteiger partial charge in [-0.15, -0.1) is 0 Å². The number of hydrogen-bond donors (Lipinski definition) is 1. The summed E-state index contributed by atoms with van der Waals surface area (Å²) in [5.74, 6) is 0. The second-order valence-electron chi connectivity index (χ2n) is 0.333. The first-order valence-electron chi connectivity index (χ1n) is 0.911. The van der Waals surface area contributed by atoms with Crippen LogP contribution in [0.5, 0.6) is 0 Å². The zero-order chi connectivity index (χ0) is 2.71. The van der Waals surface area contributed by atoms with Crippen LogP contribution in [-0.2, 0) is 0 Å². The fourth-order valence-electron chi connectivity index (χ4n) is 0. The summed E-state index contributed by atoms with van der Waals surface area (Å²) in [7, 11) is 0. The van der Waals surface area contributed by atoms with Crippen LogP contribution in [0.4, 0.5) is 0 Å². The summed E-state index contributed by atoms with van der Waals surface area (Å²) in [6.07, 6.45) is 1.50. The van der Waals surface area contributed by atoms with E-state index >= 15 is 0 Å². The third-order valence-corrected chi connectivity index (χ3v) is 0. The largest absolute Gasteiger partial charge is 1.00 e. The van der Waals surface area contributed by atoms with Gasteiger partial charge in [0.05, 0.1) is 0 Å². The Morgan fingerprint density at radius 3 is 1.75 bits per heavy atom. The number of rotatable bonds is 0. The van der Waals surface area contributed by atoms with Crippen LogP contribution in [0.2, 0.25) is 0 Å². The predicted octanol–water partition coefficient (Wildman–Crippen LogP) is -4.16. The van der Waals surface area contributed by atoms with E-state index in [0.717, 1.165) is 0 Å². The van der Waals surface area contributed by atoms with E-state index < -0.39 is 0 Å². The van der Waals surface area contributed by atoms with Crippen LogP contribution in [0.1, 0.15) is 6.92 Å². The Labute approximate surface area is 36.3 Å². The third kappa shape index (κ3) is 126. The molecule has 0 spiro atoms. The van der Waals surface area contributed by atoms with Crippen LogP contribution in [0, 0.1) is 0 Å². The normalized spacial score (nSPS) is 3.25. The second kappa shape index (κ2) is 11.0. The Balaban J connectivity index is 0. The van der Waals surface area contributed by atoms with Crippen LogP contribution in [0.25, 0.3) is 0 Å². The number of halogens is 1. The van der Waals surface area contributed by atoms with E-state index in [4.69, 9.17) is 5.41 Å². The van der Waals surface area contributed by atoms with Gasteiger partial charge in [0.15, 0.2) is 0 Å². The molecule has 0 aromatic carbocycles. The van der Waals surface area contributed by atoms with E-state index in [2.05, 4.69) is 0 Å². The summed E-state index contributed by atoms with van der Waals surface area (Å²) >= 11 is 0. The molecule has 0 bridgehead atoms. The third-order valence-electron chi connectivity index (χ3n) is 0. The van der Waals surface area contributed by atoms with Gasteiger partial charge in [0.25, 0.3) is 0 Å². The van der Waals surface area contributed by atoms with Gasteiger partial charge in [-0.25, -0.2) is 0 Å². The van der Waals surface area contributed by atoms with Crippen LogP contribution >= 0.6 is 0 Å². The molecule has 0 fully saturated rings. The van der Waals surface area contributed by atoms with Gasteiger partial charge in [-0.2, -0.15) is 0 Å². The fraction of sp³-hybridized carbons (Fsp3) is 0.500. The molecule has 0 aliphatic rings. The molecular weight excluding hydrogens is 118 g/mol. The SMILES string of the molecule is CC=[NH2+].[Br-]. The average molecular weight is 124 g/mol. The van der Waals surface area contributed by atoms with E-state index in [9.17, 15) is 0 Å². The van der Waals surface area contributed by atoms with Crippen molar-refractivity contribution in [2.24, 2.45) is 0 Å². The minimum Gasteiger partial charge on any atom is -1.00 e. The molecule has 0 rings (SSSR count). The lowest BCUT2D eigenvalue weighted by molar-refractivity contribution is -0.106. The molecule has 0 radical (unpaired) electrons. The van der Waals surface area contributed by atoms with E-state index in [-0.39, 0.29) is 17.0 Å². The van der Waals surface area contributed by atoms with Crippen LogP contribution in [0.15, 0.2) is 0 Å². The maximum absolute atomic E-state index is 4.72. The molecule has 26 valence electrons. The molecule has 0 aliphatic heterocycles. The van der Waals surface area contributed by atoms with Gasteiger partial charge < -0.3 is 17.0 Å². The first-order chi connectivity index (χ1) is 1.41. The lowest BCUT2D eigenvalue weighted by Crippen LogP contribution is -3.00. The van der Waals surface area contributed by atoms with Gasteiger partial charge in [0.1, 0.15) is 6.21 Å². The molecule has 0 amide bonds. The van der Waals surface area contributed by atoms with Crippen molar-refractivity contribution in [3.8, 4) is 0 Å². The second-order valence-corrected chi connectivity index (χ2v) is 0.333. The molecule has 2 heteroatoms. The molecule has 0 heterocycles. The lowest BCUT2D eigenvalue weighted by Gasteiger charge is -1.21. The zero-order valence-electron chi connectivity index (χ0n) is 2.53. The van der Waals surface area contributed by atoms with Crippen molar-refractivity contribution in [2.45, 2.75) is 6.92 Å². The molecule has 0 saturated carbocycles. The minimum absolute atomic E-state index is 0. The van der Waals surface area contributed by atoms with Crippen molar-refractivity contribution in [2.75, 3.05) is 0 Å². The van der Waals surface area contributed by atoms with Crippen molar-refractivity contribution in [3.05, 3.63) is 0 Å². The fourth-order valence-corrected chi connectivity index (χ4v) is 0. The standard InChI is InChI=1S/C2H5N.BrH/c1-2-3;/h2-3H,1H3;1H. The van der Waals surface area contributed by atoms with Crippen molar-refractivity contribution in [3.63, 3.8) is 0 Å². The highest BCUT2D eigenvalue weighted by molar-refractivity contribution is 5.44. The minimum atomic E-state index is 0. The van der Waals surface area contributed by atoms with E-state index in [0.29, 0.717) is 0 Å². The Kier molecular flexibility index (Phi) is 24.5. The summed E-state index contributed by atoms with van der Waals surface area (Å²) in [5.41, 5.74) is 0. The van der Waals surface area contributed by atoms with E-state index in [1.54, 1.807) is 6.92 Å². The van der Waals surface area contributed by atoms with Crippen molar-refractivity contribution in [1.29, 1.82) is 0 Å². The van der Waals surface area contributed by atoms with Crippen LogP contribution in [0.3, 0.4) is 0 Å². The molecule has 0 atom stereocenters. The van der Waals surface area contributed by atoms with Gasteiger partial charge in [-0.1, -0.05) is 0 Å². The van der Waals surface area contributed by atoms with Crippen LogP contribution < -0.4 is 22.4 Å². The average Bonchev–Trinajstić information content (AvgIpc) is 0.918.